The molecule has 1 saturated carbocycles. The van der Waals surface area contributed by atoms with E-state index in [-0.39, 0.29) is 24.3 Å². The number of methoxy groups -OCH3 is 1. The third-order valence-corrected chi connectivity index (χ3v) is 7.13. The Morgan fingerprint density at radius 1 is 1.06 bits per heavy atom. The number of rotatable bonds is 8. The number of carbonyl (C=O) groups is 2. The molecule has 0 atom stereocenters. The maximum atomic E-state index is 13.4. The number of aromatic nitrogens is 2. The minimum atomic E-state index is -0.171. The van der Waals surface area contributed by atoms with Crippen molar-refractivity contribution in [2.75, 3.05) is 19.0 Å². The van der Waals surface area contributed by atoms with Gasteiger partial charge in [-0.3, -0.25) is 9.59 Å². The van der Waals surface area contributed by atoms with Crippen molar-refractivity contribution in [1.29, 1.82) is 0 Å². The number of nitrogens with zero attached hydrogens (tertiary/aromatic N) is 3. The summed E-state index contributed by atoms with van der Waals surface area (Å²) in [5.41, 5.74) is 2.57. The molecule has 8 heteroatoms. The van der Waals surface area contributed by atoms with Crippen LogP contribution < -0.4 is 10.1 Å². The first-order chi connectivity index (χ1) is 16.5. The van der Waals surface area contributed by atoms with Gasteiger partial charge in [0, 0.05) is 30.1 Å². The molecule has 0 radical (unpaired) electrons. The fourth-order valence-corrected chi connectivity index (χ4v) is 5.10. The molecule has 0 bridgehead atoms. The molecule has 3 aromatic rings. The summed E-state index contributed by atoms with van der Waals surface area (Å²) in [6, 6.07) is 15.4. The van der Waals surface area contributed by atoms with Gasteiger partial charge in [0.05, 0.1) is 7.11 Å². The lowest BCUT2D eigenvalue weighted by Crippen LogP contribution is -2.43. The summed E-state index contributed by atoms with van der Waals surface area (Å²) in [5, 5.41) is 12.3. The van der Waals surface area contributed by atoms with Gasteiger partial charge in [0.25, 0.3) is 5.91 Å². The molecule has 1 N–H and O–H groups in total. The van der Waals surface area contributed by atoms with E-state index in [0.717, 1.165) is 47.6 Å². The lowest BCUT2D eigenvalue weighted by Gasteiger charge is -2.34. The summed E-state index contributed by atoms with van der Waals surface area (Å²) >= 11 is 1.32. The summed E-state index contributed by atoms with van der Waals surface area (Å²) in [6.45, 7) is 2.34. The molecule has 0 saturated heterocycles. The Bertz CT molecular complexity index is 1120. The average molecular weight is 479 g/mol. The second-order valence-electron chi connectivity index (χ2n) is 8.54. The van der Waals surface area contributed by atoms with E-state index in [4.69, 9.17) is 4.74 Å². The Labute approximate surface area is 204 Å². The van der Waals surface area contributed by atoms with Crippen molar-refractivity contribution in [2.45, 2.75) is 51.5 Å². The van der Waals surface area contributed by atoms with Crippen LogP contribution in [0.5, 0.6) is 5.75 Å². The number of benzene rings is 2. The zero-order valence-corrected chi connectivity index (χ0v) is 20.4. The monoisotopic (exact) mass is 478 g/mol. The minimum absolute atomic E-state index is 0.00973. The van der Waals surface area contributed by atoms with Crippen molar-refractivity contribution in [3.63, 3.8) is 0 Å². The Morgan fingerprint density at radius 2 is 1.79 bits per heavy atom. The van der Waals surface area contributed by atoms with Crippen molar-refractivity contribution in [3.05, 3.63) is 59.7 Å². The Balaban J connectivity index is 1.40. The summed E-state index contributed by atoms with van der Waals surface area (Å²) in [5.74, 6) is 0.607. The second-order valence-corrected chi connectivity index (χ2v) is 9.52. The smallest absolute Gasteiger partial charge is 0.254 e. The molecule has 0 spiro atoms. The van der Waals surface area contributed by atoms with E-state index < -0.39 is 0 Å². The Hall–Kier alpha value is -3.26. The third kappa shape index (κ3) is 5.80. The predicted molar refractivity (Wildman–Crippen MR) is 134 cm³/mol. The van der Waals surface area contributed by atoms with E-state index in [1.54, 1.807) is 7.11 Å². The lowest BCUT2D eigenvalue weighted by atomic mass is 9.93. The summed E-state index contributed by atoms with van der Waals surface area (Å²) in [7, 11) is 1.62. The first-order valence-corrected chi connectivity index (χ1v) is 12.5. The van der Waals surface area contributed by atoms with Crippen LogP contribution in [0.2, 0.25) is 0 Å². The topological polar surface area (TPSA) is 84.4 Å². The van der Waals surface area contributed by atoms with Crippen LogP contribution >= 0.6 is 11.3 Å². The van der Waals surface area contributed by atoms with Gasteiger partial charge in [0.1, 0.15) is 10.8 Å². The van der Waals surface area contributed by atoms with Crippen LogP contribution in [-0.4, -0.2) is 46.6 Å². The van der Waals surface area contributed by atoms with E-state index in [1.165, 1.54) is 17.8 Å². The van der Waals surface area contributed by atoms with Crippen LogP contribution in [0.4, 0.5) is 5.13 Å². The average Bonchev–Trinajstić information content (AvgIpc) is 3.33. The molecule has 2 aromatic carbocycles. The van der Waals surface area contributed by atoms with E-state index in [1.807, 2.05) is 60.4 Å². The van der Waals surface area contributed by atoms with Crippen LogP contribution in [0.25, 0.3) is 10.6 Å². The molecular formula is C26H30N4O3S. The van der Waals surface area contributed by atoms with Crippen LogP contribution in [0.3, 0.4) is 0 Å². The second kappa shape index (κ2) is 11.2. The number of carbonyl (C=O) groups excluding carboxylic acids is 2. The molecule has 178 valence electrons. The van der Waals surface area contributed by atoms with Gasteiger partial charge < -0.3 is 15.0 Å². The molecule has 2 amide bonds. The molecule has 4 rings (SSSR count). The van der Waals surface area contributed by atoms with Gasteiger partial charge >= 0.3 is 0 Å². The molecule has 1 aliphatic carbocycles. The zero-order chi connectivity index (χ0) is 23.9. The maximum Gasteiger partial charge on any atom is 0.254 e. The van der Waals surface area contributed by atoms with Crippen LogP contribution in [0.15, 0.2) is 48.5 Å². The van der Waals surface area contributed by atoms with E-state index in [9.17, 15) is 9.59 Å². The highest BCUT2D eigenvalue weighted by atomic mass is 32.1. The largest absolute Gasteiger partial charge is 0.497 e. The van der Waals surface area contributed by atoms with Crippen molar-refractivity contribution in [3.8, 4) is 16.3 Å². The first kappa shape index (κ1) is 23.9. The van der Waals surface area contributed by atoms with Gasteiger partial charge in [-0.1, -0.05) is 48.8 Å². The highest BCUT2D eigenvalue weighted by Crippen LogP contribution is 2.28. The summed E-state index contributed by atoms with van der Waals surface area (Å²) < 4.78 is 5.19. The molecule has 1 aliphatic rings. The molecule has 1 heterocycles. The lowest BCUT2D eigenvalue weighted by molar-refractivity contribution is -0.116. The molecule has 34 heavy (non-hydrogen) atoms. The van der Waals surface area contributed by atoms with E-state index in [0.29, 0.717) is 17.2 Å². The van der Waals surface area contributed by atoms with Gasteiger partial charge in [-0.2, -0.15) is 0 Å². The number of anilines is 1. The number of hydrogen-bond donors (Lipinski definition) is 1. The van der Waals surface area contributed by atoms with E-state index in [2.05, 4.69) is 15.5 Å². The number of ether oxygens (including phenoxy) is 1. The van der Waals surface area contributed by atoms with Crippen LogP contribution in [-0.2, 0) is 4.79 Å². The van der Waals surface area contributed by atoms with Crippen LogP contribution in [0, 0.1) is 6.92 Å². The van der Waals surface area contributed by atoms with Gasteiger partial charge in [0.2, 0.25) is 11.0 Å². The zero-order valence-electron chi connectivity index (χ0n) is 19.6. The third-order valence-electron chi connectivity index (χ3n) is 6.24. The molecule has 7 nitrogen and oxygen atoms in total. The Morgan fingerprint density at radius 3 is 2.50 bits per heavy atom. The van der Waals surface area contributed by atoms with Gasteiger partial charge in [-0.05, 0) is 55.7 Å². The fourth-order valence-electron chi connectivity index (χ4n) is 4.34. The maximum absolute atomic E-state index is 13.4. The Kier molecular flexibility index (Phi) is 7.90. The van der Waals surface area contributed by atoms with Crippen LogP contribution in [0.1, 0.15) is 54.4 Å². The molecule has 0 aliphatic heterocycles. The first-order valence-electron chi connectivity index (χ1n) is 11.7. The van der Waals surface area contributed by atoms with Gasteiger partial charge in [-0.25, -0.2) is 0 Å². The van der Waals surface area contributed by atoms with Crippen molar-refractivity contribution in [2.24, 2.45) is 0 Å². The number of nitrogens with one attached hydrogen (secondary N) is 1. The number of aryl methyl sites for hydroxylation is 1. The van der Waals surface area contributed by atoms with Crippen molar-refractivity contribution in [1.82, 2.24) is 15.1 Å². The van der Waals surface area contributed by atoms with Gasteiger partial charge in [-0.15, -0.1) is 10.2 Å². The molecular weight excluding hydrogens is 448 g/mol. The van der Waals surface area contributed by atoms with Crippen molar-refractivity contribution < 1.29 is 14.3 Å². The van der Waals surface area contributed by atoms with Crippen molar-refractivity contribution >= 4 is 28.3 Å². The molecule has 1 aromatic heterocycles. The molecule has 1 fully saturated rings. The minimum Gasteiger partial charge on any atom is -0.497 e. The highest BCUT2D eigenvalue weighted by molar-refractivity contribution is 7.18. The molecule has 0 unspecified atom stereocenters. The normalized spacial score (nSPS) is 13.9. The fraction of sp³-hybridized carbons (Fsp3) is 0.385. The summed E-state index contributed by atoms with van der Waals surface area (Å²) in [4.78, 5) is 28.0. The van der Waals surface area contributed by atoms with Gasteiger partial charge in [0.15, 0.2) is 0 Å². The SMILES string of the molecule is COc1ccc(-c2nnc(NC(=O)CCN(C(=O)c3ccccc3C)C3CCCCC3)s2)cc1. The highest BCUT2D eigenvalue weighted by Gasteiger charge is 2.27. The quantitative estimate of drug-likeness (QED) is 0.473. The summed E-state index contributed by atoms with van der Waals surface area (Å²) in [6.07, 6.45) is 5.63. The standard InChI is InChI=1S/C26H30N4O3S/c1-18-8-6-7-11-22(18)25(32)30(20-9-4-3-5-10-20)17-16-23(31)27-26-29-28-24(34-26)19-12-14-21(33-2)15-13-19/h6-8,11-15,20H,3-5,9-10,16-17H2,1-2H3,(H,27,29,31). The number of amides is 2. The van der Waals surface area contributed by atoms with E-state index >= 15 is 0 Å². The number of hydrogen-bond acceptors (Lipinski definition) is 6. The predicted octanol–water partition coefficient (Wildman–Crippen LogP) is 5.33.